The van der Waals surface area contributed by atoms with E-state index in [1.54, 1.807) is 13.8 Å². The lowest BCUT2D eigenvalue weighted by Gasteiger charge is -1.93. The van der Waals surface area contributed by atoms with E-state index in [0.717, 1.165) is 0 Å². The molecule has 0 N–H and O–H groups in total. The van der Waals surface area contributed by atoms with Crippen LogP contribution < -0.4 is 0 Å². The molecule has 0 unspecified atom stereocenters. The maximum Gasteiger partial charge on any atom is 0.256 e. The normalized spacial score (nSPS) is 10.3. The molecule has 1 aromatic heterocycles. The van der Waals surface area contributed by atoms with Crippen LogP contribution in [0.4, 0.5) is 0 Å². The van der Waals surface area contributed by atoms with Gasteiger partial charge in [0.1, 0.15) is 11.5 Å². The molecule has 0 aromatic carbocycles. The van der Waals surface area contributed by atoms with Gasteiger partial charge in [0, 0.05) is 5.56 Å². The Bertz CT molecular complexity index is 315. The summed E-state index contributed by atoms with van der Waals surface area (Å²) in [4.78, 5) is 10.9. The fourth-order valence-corrected chi connectivity index (χ4v) is 1.72. The van der Waals surface area contributed by atoms with Crippen molar-refractivity contribution in [3.8, 4) is 0 Å². The van der Waals surface area contributed by atoms with E-state index in [2.05, 4.69) is 0 Å². The average molecular weight is 207 g/mol. The minimum absolute atomic E-state index is 0.247. The summed E-state index contributed by atoms with van der Waals surface area (Å²) in [5.74, 6) is 1.44. The van der Waals surface area contributed by atoms with E-state index in [9.17, 15) is 4.79 Å². The first-order chi connectivity index (χ1) is 5.57. The molecule has 0 amide bonds. The van der Waals surface area contributed by atoms with Crippen LogP contribution in [0.1, 0.15) is 27.4 Å². The van der Waals surface area contributed by atoms with Crippen molar-refractivity contribution in [2.24, 2.45) is 0 Å². The molecule has 4 heteroatoms. The summed E-state index contributed by atoms with van der Waals surface area (Å²) in [5.41, 5.74) is 1.10. The topological polar surface area (TPSA) is 30.2 Å². The highest BCUT2D eigenvalue weighted by molar-refractivity contribution is 6.68. The fourth-order valence-electron chi connectivity index (χ4n) is 1.15. The van der Waals surface area contributed by atoms with Gasteiger partial charge in [0.05, 0.1) is 11.4 Å². The van der Waals surface area contributed by atoms with Crippen LogP contribution in [0.25, 0.3) is 0 Å². The molecule has 0 fully saturated rings. The van der Waals surface area contributed by atoms with Crippen LogP contribution in [0, 0.1) is 13.8 Å². The summed E-state index contributed by atoms with van der Waals surface area (Å²) >= 11 is 11.0. The van der Waals surface area contributed by atoms with Crippen molar-refractivity contribution in [2.45, 2.75) is 19.7 Å². The monoisotopic (exact) mass is 206 g/mol. The predicted molar refractivity (Wildman–Crippen MR) is 47.9 cm³/mol. The van der Waals surface area contributed by atoms with Crippen LogP contribution in [0.3, 0.4) is 0 Å². The molecule has 2 nitrogen and oxygen atoms in total. The van der Waals surface area contributed by atoms with Crippen molar-refractivity contribution in [1.29, 1.82) is 0 Å². The van der Waals surface area contributed by atoms with Gasteiger partial charge in [0.2, 0.25) is 0 Å². The largest absolute Gasteiger partial charge is 0.466 e. The molecule has 0 aliphatic rings. The van der Waals surface area contributed by atoms with Crippen molar-refractivity contribution in [1.82, 2.24) is 0 Å². The number of hydrogen-bond acceptors (Lipinski definition) is 2. The molecule has 0 aliphatic carbocycles. The molecule has 0 aliphatic heterocycles. The Morgan fingerprint density at radius 1 is 1.42 bits per heavy atom. The number of aryl methyl sites for hydroxylation is 2. The second-order valence-corrected chi connectivity index (χ2v) is 3.09. The lowest BCUT2D eigenvalue weighted by Crippen LogP contribution is -1.94. The highest BCUT2D eigenvalue weighted by Gasteiger charge is 2.18. The van der Waals surface area contributed by atoms with E-state index < -0.39 is 5.24 Å². The zero-order valence-electron chi connectivity index (χ0n) is 6.78. The predicted octanol–water partition coefficient (Wildman–Crippen LogP) is 3.01. The lowest BCUT2D eigenvalue weighted by molar-refractivity contribution is 0.107. The first-order valence-corrected chi connectivity index (χ1v) is 4.33. The summed E-state index contributed by atoms with van der Waals surface area (Å²) in [5, 5.41) is -0.514. The fraction of sp³-hybridized carbons (Fsp3) is 0.375. The second-order valence-electron chi connectivity index (χ2n) is 2.48. The third-order valence-electron chi connectivity index (χ3n) is 1.72. The summed E-state index contributed by atoms with van der Waals surface area (Å²) in [6, 6.07) is 0. The molecule has 0 atom stereocenters. The van der Waals surface area contributed by atoms with E-state index in [-0.39, 0.29) is 5.88 Å². The molecule has 0 bridgehead atoms. The molecule has 1 aromatic rings. The van der Waals surface area contributed by atoms with Gasteiger partial charge in [-0.2, -0.15) is 0 Å². The Morgan fingerprint density at radius 3 is 2.33 bits per heavy atom. The Kier molecular flexibility index (Phi) is 2.80. The van der Waals surface area contributed by atoms with Gasteiger partial charge in [-0.25, -0.2) is 0 Å². The molecular formula is C8H8Cl2O2. The first kappa shape index (κ1) is 9.62. The van der Waals surface area contributed by atoms with E-state index in [4.69, 9.17) is 27.6 Å². The number of carbonyl (C=O) groups is 1. The maximum atomic E-state index is 10.9. The van der Waals surface area contributed by atoms with E-state index in [0.29, 0.717) is 22.6 Å². The Balaban J connectivity index is 3.32. The van der Waals surface area contributed by atoms with Crippen molar-refractivity contribution in [2.75, 3.05) is 0 Å². The molecule has 0 saturated carbocycles. The molecule has 0 saturated heterocycles. The smallest absolute Gasteiger partial charge is 0.256 e. The number of alkyl halides is 1. The third-order valence-corrected chi connectivity index (χ3v) is 2.17. The molecule has 0 spiro atoms. The Morgan fingerprint density at radius 2 is 2.00 bits per heavy atom. The third kappa shape index (κ3) is 1.50. The van der Waals surface area contributed by atoms with Crippen LogP contribution in [-0.2, 0) is 5.88 Å². The Labute approximate surface area is 80.5 Å². The van der Waals surface area contributed by atoms with Crippen LogP contribution >= 0.6 is 23.2 Å². The molecule has 0 radical (unpaired) electrons. The standard InChI is InChI=1S/C8H8Cl2O2/c1-4-6(3-9)7(8(10)11)5(2)12-4/h3H2,1-2H3. The van der Waals surface area contributed by atoms with Gasteiger partial charge in [0.25, 0.3) is 5.24 Å². The van der Waals surface area contributed by atoms with Gasteiger partial charge in [-0.05, 0) is 25.4 Å². The van der Waals surface area contributed by atoms with Gasteiger partial charge in [0.15, 0.2) is 0 Å². The Hall–Kier alpha value is -0.470. The molecule has 12 heavy (non-hydrogen) atoms. The summed E-state index contributed by atoms with van der Waals surface area (Å²) in [6.07, 6.45) is 0. The van der Waals surface area contributed by atoms with Crippen LogP contribution in [0.15, 0.2) is 4.42 Å². The van der Waals surface area contributed by atoms with Gasteiger partial charge in [-0.1, -0.05) is 0 Å². The number of halogens is 2. The van der Waals surface area contributed by atoms with Crippen molar-refractivity contribution in [3.05, 3.63) is 22.6 Å². The van der Waals surface area contributed by atoms with Crippen LogP contribution in [0.2, 0.25) is 0 Å². The maximum absolute atomic E-state index is 10.9. The van der Waals surface area contributed by atoms with Crippen LogP contribution in [0.5, 0.6) is 0 Å². The number of rotatable bonds is 2. The zero-order chi connectivity index (χ0) is 9.30. The lowest BCUT2D eigenvalue weighted by atomic mass is 10.1. The summed E-state index contributed by atoms with van der Waals surface area (Å²) in [6.45, 7) is 3.45. The van der Waals surface area contributed by atoms with Gasteiger partial charge < -0.3 is 4.42 Å². The molecule has 1 heterocycles. The molecular weight excluding hydrogens is 199 g/mol. The minimum Gasteiger partial charge on any atom is -0.466 e. The summed E-state index contributed by atoms with van der Waals surface area (Å²) < 4.78 is 5.21. The van der Waals surface area contributed by atoms with Crippen molar-refractivity contribution < 1.29 is 9.21 Å². The summed E-state index contributed by atoms with van der Waals surface area (Å²) in [7, 11) is 0. The van der Waals surface area contributed by atoms with E-state index in [1.165, 1.54) is 0 Å². The second kappa shape index (κ2) is 3.50. The molecule has 66 valence electrons. The minimum atomic E-state index is -0.514. The van der Waals surface area contributed by atoms with E-state index in [1.807, 2.05) is 0 Å². The van der Waals surface area contributed by atoms with Crippen molar-refractivity contribution >= 4 is 28.4 Å². The quantitative estimate of drug-likeness (QED) is 0.551. The first-order valence-electron chi connectivity index (χ1n) is 3.42. The van der Waals surface area contributed by atoms with Gasteiger partial charge in [-0.15, -0.1) is 11.6 Å². The average Bonchev–Trinajstić information content (AvgIpc) is 2.24. The number of carbonyl (C=O) groups excluding carboxylic acids is 1. The van der Waals surface area contributed by atoms with Gasteiger partial charge >= 0.3 is 0 Å². The highest BCUT2D eigenvalue weighted by Crippen LogP contribution is 2.24. The zero-order valence-corrected chi connectivity index (χ0v) is 8.29. The van der Waals surface area contributed by atoms with Crippen LogP contribution in [-0.4, -0.2) is 5.24 Å². The van der Waals surface area contributed by atoms with Crippen molar-refractivity contribution in [3.63, 3.8) is 0 Å². The number of furan rings is 1. The number of hydrogen-bond donors (Lipinski definition) is 0. The van der Waals surface area contributed by atoms with E-state index >= 15 is 0 Å². The van der Waals surface area contributed by atoms with Gasteiger partial charge in [-0.3, -0.25) is 4.79 Å². The highest BCUT2D eigenvalue weighted by atomic mass is 35.5. The molecule has 1 rings (SSSR count). The SMILES string of the molecule is Cc1oc(C)c(C(=O)Cl)c1CCl.